The van der Waals surface area contributed by atoms with Crippen LogP contribution in [0.4, 0.5) is 30.2 Å². The Balaban J connectivity index is 1.23. The zero-order valence-corrected chi connectivity index (χ0v) is 20.5. The van der Waals surface area contributed by atoms with Crippen molar-refractivity contribution in [1.29, 1.82) is 0 Å². The molecule has 0 radical (unpaired) electrons. The van der Waals surface area contributed by atoms with E-state index in [-0.39, 0.29) is 23.8 Å². The summed E-state index contributed by atoms with van der Waals surface area (Å²) >= 11 is 0. The number of nitrogens with zero attached hydrogens (tertiary/aromatic N) is 3. The van der Waals surface area contributed by atoms with Crippen molar-refractivity contribution in [3.8, 4) is 0 Å². The van der Waals surface area contributed by atoms with Crippen molar-refractivity contribution in [3.05, 3.63) is 59.0 Å². The van der Waals surface area contributed by atoms with Gasteiger partial charge in [-0.25, -0.2) is 8.42 Å². The zero-order chi connectivity index (χ0) is 25.8. The molecule has 0 aromatic heterocycles. The van der Waals surface area contributed by atoms with E-state index in [0.717, 1.165) is 17.8 Å². The van der Waals surface area contributed by atoms with Gasteiger partial charge in [0.25, 0.3) is 0 Å². The van der Waals surface area contributed by atoms with E-state index in [1.54, 1.807) is 0 Å². The number of rotatable bonds is 8. The Labute approximate surface area is 208 Å². The molecule has 2 aromatic rings. The number of hydrogen-bond donors (Lipinski definition) is 1. The fourth-order valence-electron chi connectivity index (χ4n) is 4.66. The smallest absolute Gasteiger partial charge is 0.382 e. The van der Waals surface area contributed by atoms with Crippen molar-refractivity contribution >= 4 is 27.1 Å². The largest absolute Gasteiger partial charge is 0.418 e. The van der Waals surface area contributed by atoms with Crippen LogP contribution in [-0.2, 0) is 20.9 Å². The van der Waals surface area contributed by atoms with Gasteiger partial charge in [-0.2, -0.15) is 17.5 Å². The van der Waals surface area contributed by atoms with Crippen LogP contribution in [0.3, 0.4) is 0 Å². The summed E-state index contributed by atoms with van der Waals surface area (Å²) in [6.45, 7) is 2.02. The van der Waals surface area contributed by atoms with Crippen LogP contribution in [0.2, 0.25) is 0 Å². The summed E-state index contributed by atoms with van der Waals surface area (Å²) in [5.74, 6) is -0.379. The number of nitroso groups, excluding NO2 is 1. The molecule has 1 saturated carbocycles. The Morgan fingerprint density at radius 1 is 0.972 bits per heavy atom. The Kier molecular flexibility index (Phi) is 8.16. The Bertz CT molecular complexity index is 1130. The van der Waals surface area contributed by atoms with Gasteiger partial charge in [0.2, 0.25) is 10.0 Å². The summed E-state index contributed by atoms with van der Waals surface area (Å²) in [6, 6.07) is 13.1. The molecule has 0 unspecified atom stereocenters. The molecule has 1 N–H and O–H groups in total. The molecule has 2 aromatic carbocycles. The summed E-state index contributed by atoms with van der Waals surface area (Å²) < 4.78 is 72.3. The fourth-order valence-corrected chi connectivity index (χ4v) is 5.90. The number of benzene rings is 2. The van der Waals surface area contributed by atoms with E-state index in [0.29, 0.717) is 51.9 Å². The van der Waals surface area contributed by atoms with Gasteiger partial charge in [0, 0.05) is 43.6 Å². The first kappa shape index (κ1) is 26.4. The van der Waals surface area contributed by atoms with Crippen LogP contribution in [0.5, 0.6) is 0 Å². The lowest BCUT2D eigenvalue weighted by Gasteiger charge is -2.36. The first-order chi connectivity index (χ1) is 17.2. The summed E-state index contributed by atoms with van der Waals surface area (Å²) in [7, 11) is -3.55. The zero-order valence-electron chi connectivity index (χ0n) is 19.7. The minimum atomic E-state index is -4.67. The average Bonchev–Trinajstić information content (AvgIpc) is 2.88. The maximum atomic E-state index is 13.2. The topological polar surface area (TPSA) is 91.3 Å². The maximum Gasteiger partial charge on any atom is 0.418 e. The normalized spacial score (nSPS) is 21.8. The molecule has 0 spiro atoms. The van der Waals surface area contributed by atoms with Gasteiger partial charge in [-0.1, -0.05) is 18.2 Å². The molecule has 1 heterocycles. The third-order valence-electron chi connectivity index (χ3n) is 6.65. The third-order valence-corrected chi connectivity index (χ3v) is 8.24. The highest BCUT2D eigenvalue weighted by molar-refractivity contribution is 7.88. The SMILES string of the molecule is O=Nc1ccc(NC2CCC(OCS(=O)(=O)N3CCN(c4ccccc4)CC3)CC2)cc1C(F)(F)F. The molecule has 12 heteroatoms. The van der Waals surface area contributed by atoms with Crippen LogP contribution in [0.1, 0.15) is 31.2 Å². The molecule has 8 nitrogen and oxygen atoms in total. The lowest BCUT2D eigenvalue weighted by molar-refractivity contribution is -0.137. The number of para-hydroxylation sites is 1. The van der Waals surface area contributed by atoms with E-state index >= 15 is 0 Å². The monoisotopic (exact) mass is 526 g/mol. The van der Waals surface area contributed by atoms with Crippen LogP contribution >= 0.6 is 0 Å². The van der Waals surface area contributed by atoms with E-state index in [4.69, 9.17) is 4.74 Å². The molecular formula is C24H29F3N4O4S. The number of piperazine rings is 1. The molecule has 36 heavy (non-hydrogen) atoms. The van der Waals surface area contributed by atoms with Crippen LogP contribution in [0.25, 0.3) is 0 Å². The summed E-state index contributed by atoms with van der Waals surface area (Å²) in [6.07, 6.45) is -2.47. The van der Waals surface area contributed by atoms with Gasteiger partial charge >= 0.3 is 6.18 Å². The summed E-state index contributed by atoms with van der Waals surface area (Å²) in [5.41, 5.74) is -0.388. The van der Waals surface area contributed by atoms with Gasteiger partial charge in [-0.05, 0) is 61.2 Å². The predicted molar refractivity (Wildman–Crippen MR) is 132 cm³/mol. The first-order valence-corrected chi connectivity index (χ1v) is 13.5. The van der Waals surface area contributed by atoms with Crippen molar-refractivity contribution in [2.24, 2.45) is 5.18 Å². The lowest BCUT2D eigenvalue weighted by atomic mass is 9.92. The Morgan fingerprint density at radius 3 is 2.25 bits per heavy atom. The molecule has 4 rings (SSSR count). The third kappa shape index (κ3) is 6.54. The van der Waals surface area contributed by atoms with Gasteiger partial charge < -0.3 is 15.0 Å². The van der Waals surface area contributed by atoms with E-state index in [9.17, 15) is 26.5 Å². The Hall–Kier alpha value is -2.70. The molecule has 2 aliphatic rings. The molecular weight excluding hydrogens is 497 g/mol. The van der Waals surface area contributed by atoms with Gasteiger partial charge in [0.05, 0.1) is 11.7 Å². The van der Waals surface area contributed by atoms with Crippen molar-refractivity contribution in [2.45, 2.75) is 44.0 Å². The fraction of sp³-hybridized carbons (Fsp3) is 0.500. The van der Waals surface area contributed by atoms with Gasteiger partial charge in [-0.3, -0.25) is 0 Å². The summed E-state index contributed by atoms with van der Waals surface area (Å²) in [4.78, 5) is 12.8. The van der Waals surface area contributed by atoms with Crippen molar-refractivity contribution in [3.63, 3.8) is 0 Å². The second-order valence-electron chi connectivity index (χ2n) is 9.06. The first-order valence-electron chi connectivity index (χ1n) is 11.9. The molecule has 196 valence electrons. The van der Waals surface area contributed by atoms with Crippen molar-refractivity contribution < 1.29 is 26.3 Å². The molecule has 0 amide bonds. The number of alkyl halides is 3. The average molecular weight is 527 g/mol. The molecule has 1 saturated heterocycles. The van der Waals surface area contributed by atoms with E-state index in [1.165, 1.54) is 10.4 Å². The predicted octanol–water partition coefficient (Wildman–Crippen LogP) is 4.95. The number of halogens is 3. The standard InChI is InChI=1S/C24H29F3N4O4S/c25-24(26,27)22-16-19(8-11-23(22)29-32)28-18-6-9-21(10-7-18)35-17-36(33,34)31-14-12-30(13-15-31)20-4-2-1-3-5-20/h1-5,8,11,16,18,21,28H,6-7,9-10,12-15,17H2. The summed E-state index contributed by atoms with van der Waals surface area (Å²) in [5, 5.41) is 5.53. The van der Waals surface area contributed by atoms with Gasteiger partial charge in [0.15, 0.2) is 5.94 Å². The van der Waals surface area contributed by atoms with Crippen LogP contribution < -0.4 is 10.2 Å². The molecule has 1 aliphatic carbocycles. The number of ether oxygens (including phenoxy) is 1. The highest BCUT2D eigenvalue weighted by Gasteiger charge is 2.35. The maximum absolute atomic E-state index is 13.2. The van der Waals surface area contributed by atoms with E-state index in [1.807, 2.05) is 30.3 Å². The van der Waals surface area contributed by atoms with Crippen molar-refractivity contribution in [1.82, 2.24) is 4.31 Å². The Morgan fingerprint density at radius 2 is 1.64 bits per heavy atom. The van der Waals surface area contributed by atoms with E-state index < -0.39 is 27.5 Å². The highest BCUT2D eigenvalue weighted by Crippen LogP contribution is 2.38. The minimum absolute atomic E-state index is 0.0800. The van der Waals surface area contributed by atoms with Gasteiger partial charge in [0.1, 0.15) is 5.69 Å². The van der Waals surface area contributed by atoms with Crippen LogP contribution in [0, 0.1) is 4.91 Å². The minimum Gasteiger partial charge on any atom is -0.382 e. The van der Waals surface area contributed by atoms with Crippen molar-refractivity contribution in [2.75, 3.05) is 42.3 Å². The second kappa shape index (κ2) is 11.1. The molecule has 1 aliphatic heterocycles. The molecule has 2 fully saturated rings. The molecule has 0 atom stereocenters. The number of hydrogen-bond acceptors (Lipinski definition) is 7. The van der Waals surface area contributed by atoms with Gasteiger partial charge in [-0.15, -0.1) is 4.91 Å². The molecule has 0 bridgehead atoms. The van der Waals surface area contributed by atoms with Crippen LogP contribution in [0.15, 0.2) is 53.7 Å². The lowest BCUT2D eigenvalue weighted by Crippen LogP contribution is -2.49. The highest BCUT2D eigenvalue weighted by atomic mass is 32.2. The second-order valence-corrected chi connectivity index (χ2v) is 11.0. The number of sulfonamides is 1. The quantitative estimate of drug-likeness (QED) is 0.490. The number of anilines is 2. The van der Waals surface area contributed by atoms with Crippen LogP contribution in [-0.4, -0.2) is 57.0 Å². The number of nitrogens with one attached hydrogen (secondary N) is 1. The van der Waals surface area contributed by atoms with E-state index in [2.05, 4.69) is 15.4 Å².